The van der Waals surface area contributed by atoms with Crippen LogP contribution in [-0.2, 0) is 29.1 Å². The van der Waals surface area contributed by atoms with E-state index >= 15 is 0 Å². The van der Waals surface area contributed by atoms with Gasteiger partial charge in [-0.15, -0.1) is 0 Å². The molecule has 0 radical (unpaired) electrons. The van der Waals surface area contributed by atoms with Crippen molar-refractivity contribution in [1.82, 2.24) is 0 Å². The third kappa shape index (κ3) is 7.06. The van der Waals surface area contributed by atoms with Crippen molar-refractivity contribution in [1.29, 1.82) is 0 Å². The summed E-state index contributed by atoms with van der Waals surface area (Å²) in [5, 5.41) is 45.9. The first-order valence-corrected chi connectivity index (χ1v) is 13.2. The van der Waals surface area contributed by atoms with Crippen LogP contribution >= 0.6 is 0 Å². The minimum Gasteiger partial charge on any atom is -0.457 e. The zero-order valence-corrected chi connectivity index (χ0v) is 23.9. The fraction of sp³-hybridized carbons (Fsp3) is 0.103. The first kappa shape index (κ1) is 32.9. The number of ether oxygens (including phenoxy) is 2. The second kappa shape index (κ2) is 13.8. The van der Waals surface area contributed by atoms with Gasteiger partial charge in [0.15, 0.2) is 0 Å². The van der Waals surface area contributed by atoms with Gasteiger partial charge in [-0.1, -0.05) is 24.3 Å². The number of rotatable bonds is 12. The van der Waals surface area contributed by atoms with E-state index in [0.717, 1.165) is 36.4 Å². The second-order valence-electron chi connectivity index (χ2n) is 9.67. The molecule has 47 heavy (non-hydrogen) atoms. The van der Waals surface area contributed by atoms with Gasteiger partial charge in [0.25, 0.3) is 22.7 Å². The van der Waals surface area contributed by atoms with Gasteiger partial charge in [-0.3, -0.25) is 40.5 Å². The van der Waals surface area contributed by atoms with E-state index < -0.39 is 78.7 Å². The van der Waals surface area contributed by atoms with Crippen molar-refractivity contribution in [2.45, 2.75) is 19.6 Å². The Morgan fingerprint density at radius 2 is 0.830 bits per heavy atom. The van der Waals surface area contributed by atoms with E-state index in [4.69, 9.17) is 20.9 Å². The van der Waals surface area contributed by atoms with E-state index in [-0.39, 0.29) is 40.0 Å². The van der Waals surface area contributed by atoms with E-state index in [0.29, 0.717) is 0 Å². The number of hydrogen-bond acceptors (Lipinski definition) is 14. The highest BCUT2D eigenvalue weighted by molar-refractivity contribution is 5.98. The van der Waals surface area contributed by atoms with E-state index in [1.54, 1.807) is 0 Å². The van der Waals surface area contributed by atoms with Crippen LogP contribution in [0.15, 0.2) is 72.8 Å². The Kier molecular flexibility index (Phi) is 9.64. The highest BCUT2D eigenvalue weighted by Crippen LogP contribution is 2.32. The van der Waals surface area contributed by atoms with Crippen LogP contribution in [0, 0.1) is 40.5 Å². The summed E-state index contributed by atoms with van der Waals surface area (Å²) in [6, 6.07) is 15.0. The number of hydrogen-bond donors (Lipinski definition) is 2. The number of nitrogens with two attached hydrogens (primary N) is 2. The number of anilines is 2. The van der Waals surface area contributed by atoms with E-state index in [2.05, 4.69) is 0 Å². The molecule has 0 aromatic heterocycles. The molecule has 4 rings (SSSR count). The normalized spacial score (nSPS) is 10.6. The van der Waals surface area contributed by atoms with Gasteiger partial charge in [0.05, 0.1) is 30.8 Å². The fourth-order valence-electron chi connectivity index (χ4n) is 4.76. The first-order chi connectivity index (χ1) is 22.3. The van der Waals surface area contributed by atoms with Gasteiger partial charge in [0.1, 0.15) is 24.3 Å². The van der Waals surface area contributed by atoms with Gasteiger partial charge in [-0.2, -0.15) is 0 Å². The molecule has 0 saturated carbocycles. The van der Waals surface area contributed by atoms with Gasteiger partial charge >= 0.3 is 11.9 Å². The van der Waals surface area contributed by atoms with Crippen LogP contribution in [0.5, 0.6) is 0 Å². The largest absolute Gasteiger partial charge is 0.457 e. The van der Waals surface area contributed by atoms with Crippen molar-refractivity contribution in [2.24, 2.45) is 0 Å². The highest BCUT2D eigenvalue weighted by atomic mass is 16.6. The molecule has 18 nitrogen and oxygen atoms in total. The summed E-state index contributed by atoms with van der Waals surface area (Å²) < 4.78 is 10.5. The summed E-state index contributed by atoms with van der Waals surface area (Å²) in [4.78, 5) is 69.0. The molecule has 4 aromatic carbocycles. The Morgan fingerprint density at radius 1 is 0.532 bits per heavy atom. The lowest BCUT2D eigenvalue weighted by atomic mass is 9.94. The van der Waals surface area contributed by atoms with Crippen molar-refractivity contribution < 1.29 is 38.8 Å². The Hall–Kier alpha value is -6.98. The molecule has 0 amide bonds. The maximum Gasteiger partial charge on any atom is 0.340 e. The number of esters is 2. The molecule has 0 unspecified atom stereocenters. The lowest BCUT2D eigenvalue weighted by Gasteiger charge is -2.15. The molecule has 0 atom stereocenters. The molecule has 0 heterocycles. The third-order valence-electron chi connectivity index (χ3n) is 6.89. The highest BCUT2D eigenvalue weighted by Gasteiger charge is 2.29. The summed E-state index contributed by atoms with van der Waals surface area (Å²) in [6.45, 7) is -1.68. The van der Waals surface area contributed by atoms with Crippen LogP contribution in [0.1, 0.15) is 43.0 Å². The van der Waals surface area contributed by atoms with Gasteiger partial charge < -0.3 is 20.9 Å². The molecule has 18 heteroatoms. The van der Waals surface area contributed by atoms with Crippen LogP contribution < -0.4 is 11.5 Å². The molecule has 4 aromatic rings. The molecule has 0 bridgehead atoms. The molecule has 0 aliphatic rings. The van der Waals surface area contributed by atoms with Crippen molar-refractivity contribution >= 4 is 46.1 Å². The Labute approximate surface area is 262 Å². The molecule has 0 aliphatic carbocycles. The number of nitro benzene ring substituents is 4. The van der Waals surface area contributed by atoms with Crippen LogP contribution in [0.3, 0.4) is 0 Å². The lowest BCUT2D eigenvalue weighted by Crippen LogP contribution is -2.15. The zero-order chi connectivity index (χ0) is 34.4. The first-order valence-electron chi connectivity index (χ1n) is 13.2. The fourth-order valence-corrected chi connectivity index (χ4v) is 4.76. The van der Waals surface area contributed by atoms with Crippen LogP contribution in [-0.4, -0.2) is 31.6 Å². The number of benzene rings is 4. The average molecular weight is 647 g/mol. The zero-order valence-electron chi connectivity index (χ0n) is 23.9. The number of nitrogen functional groups attached to an aromatic ring is 2. The predicted octanol–water partition coefficient (Wildman–Crippen LogP) is 4.79. The number of nitro groups is 4. The van der Waals surface area contributed by atoms with Gasteiger partial charge in [0, 0.05) is 35.6 Å². The molecule has 0 spiro atoms. The molecule has 0 saturated heterocycles. The summed E-state index contributed by atoms with van der Waals surface area (Å²) in [7, 11) is 0. The van der Waals surface area contributed by atoms with Crippen molar-refractivity contribution in [3.63, 3.8) is 0 Å². The number of carbonyl (C=O) groups is 2. The smallest absolute Gasteiger partial charge is 0.340 e. The van der Waals surface area contributed by atoms with Crippen molar-refractivity contribution in [2.75, 3.05) is 11.5 Å². The summed E-state index contributed by atoms with van der Waals surface area (Å²) in [5.74, 6) is -2.16. The standard InChI is InChI=1S/C29H22N6O12/c30-20-7-1-5-16(26(20)28(36)46-14-18-22(32(38)39)9-3-10-23(18)33(40)41)13-17-6-2-8-21(31)27(17)29(37)47-15-19-24(34(42)43)11-4-12-25(19)35(44)45/h1-12H,13-15,30-31H2. The average Bonchev–Trinajstić information content (AvgIpc) is 3.02. The molecule has 0 fully saturated rings. The maximum absolute atomic E-state index is 13.3. The Morgan fingerprint density at radius 3 is 1.13 bits per heavy atom. The minimum atomic E-state index is -1.08. The maximum atomic E-state index is 13.3. The quantitative estimate of drug-likeness (QED) is 0.0906. The van der Waals surface area contributed by atoms with Gasteiger partial charge in [0.2, 0.25) is 0 Å². The summed E-state index contributed by atoms with van der Waals surface area (Å²) in [6.07, 6.45) is -0.192. The van der Waals surface area contributed by atoms with Crippen molar-refractivity contribution in [3.05, 3.63) is 147 Å². The van der Waals surface area contributed by atoms with Crippen molar-refractivity contribution in [3.8, 4) is 0 Å². The van der Waals surface area contributed by atoms with Crippen LogP contribution in [0.4, 0.5) is 34.1 Å². The number of carbonyl (C=O) groups excluding carboxylic acids is 2. The third-order valence-corrected chi connectivity index (χ3v) is 6.89. The molecular weight excluding hydrogens is 624 g/mol. The predicted molar refractivity (Wildman–Crippen MR) is 162 cm³/mol. The second-order valence-corrected chi connectivity index (χ2v) is 9.67. The van der Waals surface area contributed by atoms with Gasteiger partial charge in [-0.05, 0) is 41.8 Å². The molecule has 240 valence electrons. The molecular formula is C29H22N6O12. The Bertz CT molecular complexity index is 1760. The SMILES string of the molecule is Nc1cccc(Cc2cccc(N)c2C(=O)OCc2c([N+](=O)[O-])cccc2[N+](=O)[O-])c1C(=O)OCc1c([N+](=O)[O-])cccc1[N+](=O)[O-]. The summed E-state index contributed by atoms with van der Waals surface area (Å²) in [5.41, 5.74) is 8.52. The lowest BCUT2D eigenvalue weighted by molar-refractivity contribution is -0.396. The molecule has 0 aliphatic heterocycles. The number of nitrogens with zero attached hydrogens (tertiary/aromatic N) is 4. The van der Waals surface area contributed by atoms with Gasteiger partial charge in [-0.25, -0.2) is 9.59 Å². The minimum absolute atomic E-state index is 0.0821. The Balaban J connectivity index is 1.64. The van der Waals surface area contributed by atoms with Crippen LogP contribution in [0.25, 0.3) is 0 Å². The summed E-state index contributed by atoms with van der Waals surface area (Å²) >= 11 is 0. The van der Waals surface area contributed by atoms with E-state index in [1.807, 2.05) is 0 Å². The topological polar surface area (TPSA) is 277 Å². The monoisotopic (exact) mass is 646 g/mol. The molecule has 4 N–H and O–H groups in total. The van der Waals surface area contributed by atoms with E-state index in [1.165, 1.54) is 36.4 Å². The van der Waals surface area contributed by atoms with Crippen LogP contribution in [0.2, 0.25) is 0 Å². The van der Waals surface area contributed by atoms with E-state index in [9.17, 15) is 50.0 Å².